The molecule has 5 aromatic rings. The lowest BCUT2D eigenvalue weighted by Gasteiger charge is -2.12. The van der Waals surface area contributed by atoms with Gasteiger partial charge in [0.25, 0.3) is 0 Å². The third-order valence-electron chi connectivity index (χ3n) is 5.55. The predicted octanol–water partition coefficient (Wildman–Crippen LogP) is 5.20. The number of nitrogen functional groups attached to an aromatic ring is 2. The predicted molar refractivity (Wildman–Crippen MR) is 140 cm³/mol. The molecular weight excluding hydrogens is 491 g/mol. The molecule has 0 fully saturated rings. The van der Waals surface area contributed by atoms with Crippen molar-refractivity contribution in [1.82, 2.24) is 0 Å². The van der Waals surface area contributed by atoms with Crippen LogP contribution in [0.4, 0.5) is 15.8 Å². The number of hydrogen-bond donors (Lipinski definition) is 2. The molecule has 0 aliphatic rings. The molecule has 0 radical (unpaired) electrons. The highest BCUT2D eigenvalue weighted by atomic mass is 19.1. The average Bonchev–Trinajstić information content (AvgIpc) is 2.89. The summed E-state index contributed by atoms with van der Waals surface area (Å²) >= 11 is 0. The Morgan fingerprint density at radius 3 is 1.95 bits per heavy atom. The van der Waals surface area contributed by atoms with Crippen molar-refractivity contribution in [3.8, 4) is 22.8 Å². The molecule has 38 heavy (non-hydrogen) atoms. The molecule has 0 unspecified atom stereocenters. The average molecular weight is 510 g/mol. The Morgan fingerprint density at radius 1 is 0.737 bits per heavy atom. The molecule has 0 spiro atoms. The van der Waals surface area contributed by atoms with Crippen LogP contribution in [0.15, 0.2) is 100 Å². The van der Waals surface area contributed by atoms with Gasteiger partial charge in [0.05, 0.1) is 16.5 Å². The van der Waals surface area contributed by atoms with Gasteiger partial charge in [-0.25, -0.2) is 14.0 Å². The zero-order chi connectivity index (χ0) is 26.8. The fourth-order valence-electron chi connectivity index (χ4n) is 3.75. The van der Waals surface area contributed by atoms with Crippen LogP contribution in [-0.2, 0) is 0 Å². The first-order valence-electron chi connectivity index (χ1n) is 11.3. The lowest BCUT2D eigenvalue weighted by Crippen LogP contribution is -2.12. The summed E-state index contributed by atoms with van der Waals surface area (Å²) in [5, 5.41) is -0.0101. The first-order valence-corrected chi connectivity index (χ1v) is 11.3. The van der Waals surface area contributed by atoms with E-state index in [4.69, 9.17) is 25.4 Å². The Kier molecular flexibility index (Phi) is 6.32. The van der Waals surface area contributed by atoms with Crippen molar-refractivity contribution in [3.05, 3.63) is 118 Å². The SMILES string of the molecule is Nc1cccc(C(=O)Oc2cc(OC(=O)c3cccc(N)c3)c3oc(-c4ccc(F)cc4)cc(=O)c3c2)c1. The molecule has 4 aromatic carbocycles. The van der Waals surface area contributed by atoms with E-state index in [0.717, 1.165) is 0 Å². The summed E-state index contributed by atoms with van der Waals surface area (Å²) in [6.45, 7) is 0. The van der Waals surface area contributed by atoms with E-state index >= 15 is 0 Å². The summed E-state index contributed by atoms with van der Waals surface area (Å²) in [7, 11) is 0. The summed E-state index contributed by atoms with van der Waals surface area (Å²) in [5.74, 6) is -2.10. The molecule has 0 aliphatic carbocycles. The summed E-state index contributed by atoms with van der Waals surface area (Å²) in [4.78, 5) is 38.7. The van der Waals surface area contributed by atoms with Crippen LogP contribution in [0.1, 0.15) is 20.7 Å². The van der Waals surface area contributed by atoms with Gasteiger partial charge >= 0.3 is 11.9 Å². The Balaban J connectivity index is 1.61. The van der Waals surface area contributed by atoms with Crippen LogP contribution in [0.2, 0.25) is 0 Å². The molecule has 0 bridgehead atoms. The Morgan fingerprint density at radius 2 is 1.34 bits per heavy atom. The molecule has 188 valence electrons. The maximum Gasteiger partial charge on any atom is 0.343 e. The standard InChI is InChI=1S/C29H19FN2O6/c30-19-9-7-16(8-10-19)25-15-24(33)23-13-22(36-28(34)17-3-1-5-20(31)11-17)14-26(27(23)37-25)38-29(35)18-4-2-6-21(32)12-18/h1-15H,31-32H2. The van der Waals surface area contributed by atoms with Crippen LogP contribution in [0.25, 0.3) is 22.3 Å². The fourth-order valence-corrected chi connectivity index (χ4v) is 3.75. The maximum absolute atomic E-state index is 13.4. The van der Waals surface area contributed by atoms with Crippen LogP contribution in [0, 0.1) is 5.82 Å². The van der Waals surface area contributed by atoms with Crippen LogP contribution >= 0.6 is 0 Å². The van der Waals surface area contributed by atoms with E-state index in [1.54, 1.807) is 24.3 Å². The molecule has 5 rings (SSSR count). The minimum atomic E-state index is -0.784. The smallest absolute Gasteiger partial charge is 0.343 e. The first-order chi connectivity index (χ1) is 18.3. The number of anilines is 2. The molecule has 0 atom stereocenters. The topological polar surface area (TPSA) is 135 Å². The van der Waals surface area contributed by atoms with E-state index in [1.807, 2.05) is 0 Å². The fraction of sp³-hybridized carbons (Fsp3) is 0. The van der Waals surface area contributed by atoms with Gasteiger partial charge in [-0.15, -0.1) is 0 Å². The summed E-state index contributed by atoms with van der Waals surface area (Å²) in [5.41, 5.74) is 12.4. The summed E-state index contributed by atoms with van der Waals surface area (Å²) in [6.07, 6.45) is 0. The van der Waals surface area contributed by atoms with Crippen molar-refractivity contribution in [2.75, 3.05) is 11.5 Å². The van der Waals surface area contributed by atoms with Crippen LogP contribution in [0.3, 0.4) is 0 Å². The van der Waals surface area contributed by atoms with E-state index in [2.05, 4.69) is 0 Å². The van der Waals surface area contributed by atoms with Crippen molar-refractivity contribution in [3.63, 3.8) is 0 Å². The molecule has 0 saturated carbocycles. The van der Waals surface area contributed by atoms with Crippen molar-refractivity contribution in [1.29, 1.82) is 0 Å². The molecule has 0 aliphatic heterocycles. The number of ether oxygens (including phenoxy) is 2. The summed E-state index contributed by atoms with van der Waals surface area (Å²) in [6, 6.07) is 21.4. The Hall–Kier alpha value is -5.44. The zero-order valence-electron chi connectivity index (χ0n) is 19.6. The first kappa shape index (κ1) is 24.3. The lowest BCUT2D eigenvalue weighted by molar-refractivity contribution is 0.0733. The number of hydrogen-bond acceptors (Lipinski definition) is 8. The van der Waals surface area contributed by atoms with Gasteiger partial charge in [0.1, 0.15) is 17.3 Å². The zero-order valence-corrected chi connectivity index (χ0v) is 19.6. The molecule has 0 amide bonds. The number of benzene rings is 4. The second kappa shape index (κ2) is 9.90. The highest BCUT2D eigenvalue weighted by molar-refractivity contribution is 5.96. The van der Waals surface area contributed by atoms with E-state index in [-0.39, 0.29) is 39.4 Å². The summed E-state index contributed by atoms with van der Waals surface area (Å²) < 4.78 is 30.4. The number of nitrogens with two attached hydrogens (primary N) is 2. The van der Waals surface area contributed by atoms with E-state index < -0.39 is 23.2 Å². The lowest BCUT2D eigenvalue weighted by atomic mass is 10.1. The van der Waals surface area contributed by atoms with Gasteiger partial charge in [0.15, 0.2) is 16.8 Å². The van der Waals surface area contributed by atoms with Crippen molar-refractivity contribution >= 4 is 34.3 Å². The van der Waals surface area contributed by atoms with Crippen LogP contribution in [0.5, 0.6) is 11.5 Å². The number of carbonyl (C=O) groups is 2. The van der Waals surface area contributed by atoms with Crippen molar-refractivity contribution < 1.29 is 27.9 Å². The molecule has 8 nitrogen and oxygen atoms in total. The molecule has 1 aromatic heterocycles. The number of fused-ring (bicyclic) bond motifs is 1. The molecular formula is C29H19FN2O6. The van der Waals surface area contributed by atoms with Gasteiger partial charge in [-0.3, -0.25) is 4.79 Å². The van der Waals surface area contributed by atoms with E-state index in [0.29, 0.717) is 16.9 Å². The van der Waals surface area contributed by atoms with Gasteiger partial charge in [-0.05, 0) is 66.7 Å². The number of carbonyl (C=O) groups excluding carboxylic acids is 2. The third-order valence-corrected chi connectivity index (χ3v) is 5.55. The minimum Gasteiger partial charge on any atom is -0.452 e. The second-order valence-corrected chi connectivity index (χ2v) is 8.31. The van der Waals surface area contributed by atoms with Gasteiger partial charge in [-0.2, -0.15) is 0 Å². The van der Waals surface area contributed by atoms with Crippen molar-refractivity contribution in [2.24, 2.45) is 0 Å². The van der Waals surface area contributed by atoms with Gasteiger partial charge < -0.3 is 25.4 Å². The molecule has 9 heteroatoms. The van der Waals surface area contributed by atoms with Gasteiger partial charge in [0, 0.05) is 29.1 Å². The van der Waals surface area contributed by atoms with E-state index in [1.165, 1.54) is 66.7 Å². The number of rotatable bonds is 5. The number of halogens is 1. The monoisotopic (exact) mass is 510 g/mol. The molecule has 4 N–H and O–H groups in total. The molecule has 0 saturated heterocycles. The minimum absolute atomic E-state index is 0.0101. The maximum atomic E-state index is 13.4. The highest BCUT2D eigenvalue weighted by Crippen LogP contribution is 2.34. The normalized spacial score (nSPS) is 10.8. The Bertz CT molecular complexity index is 1760. The van der Waals surface area contributed by atoms with E-state index in [9.17, 15) is 18.8 Å². The quantitative estimate of drug-likeness (QED) is 0.187. The van der Waals surface area contributed by atoms with Gasteiger partial charge in [-0.1, -0.05) is 12.1 Å². The van der Waals surface area contributed by atoms with Crippen molar-refractivity contribution in [2.45, 2.75) is 0 Å². The van der Waals surface area contributed by atoms with Crippen LogP contribution < -0.4 is 26.4 Å². The van der Waals surface area contributed by atoms with Crippen LogP contribution in [-0.4, -0.2) is 11.9 Å². The Labute approximate surface area is 214 Å². The molecule has 1 heterocycles. The number of esters is 2. The van der Waals surface area contributed by atoms with Gasteiger partial charge in [0.2, 0.25) is 0 Å². The third kappa shape index (κ3) is 5.07. The highest BCUT2D eigenvalue weighted by Gasteiger charge is 2.20. The second-order valence-electron chi connectivity index (χ2n) is 8.31. The largest absolute Gasteiger partial charge is 0.452 e.